The van der Waals surface area contributed by atoms with E-state index in [-0.39, 0.29) is 36.1 Å². The Morgan fingerprint density at radius 3 is 2.25 bits per heavy atom. The highest BCUT2D eigenvalue weighted by Crippen LogP contribution is 2.20. The zero-order valence-electron chi connectivity index (χ0n) is 17.3. The highest BCUT2D eigenvalue weighted by Gasteiger charge is 2.29. The summed E-state index contributed by atoms with van der Waals surface area (Å²) in [5, 5.41) is 14.8. The van der Waals surface area contributed by atoms with Crippen molar-refractivity contribution in [2.75, 3.05) is 32.7 Å². The molecule has 0 aliphatic carbocycles. The standard InChI is InChI=1S/C20H22BrN5O5S/c1-15(16-2-6-18(7-3-16)26(28)29)22-23-20(27)14-24-10-12-25(13-11-24)32(30,31)19-8-4-17(21)5-9-19/h2-9H,10-14H2,1H3,(H,23,27). The highest BCUT2D eigenvalue weighted by molar-refractivity contribution is 9.10. The van der Waals surface area contributed by atoms with Crippen molar-refractivity contribution in [3.8, 4) is 0 Å². The number of carbonyl (C=O) groups excluding carboxylic acids is 1. The van der Waals surface area contributed by atoms with E-state index in [9.17, 15) is 23.3 Å². The molecule has 3 rings (SSSR count). The molecule has 1 aliphatic rings. The van der Waals surface area contributed by atoms with Crippen LogP contribution in [-0.4, -0.2) is 66.9 Å². The molecule has 0 radical (unpaired) electrons. The Hall–Kier alpha value is -2.67. The average Bonchev–Trinajstić information content (AvgIpc) is 2.78. The van der Waals surface area contributed by atoms with E-state index < -0.39 is 14.9 Å². The van der Waals surface area contributed by atoms with Crippen LogP contribution in [-0.2, 0) is 14.8 Å². The largest absolute Gasteiger partial charge is 0.292 e. The fourth-order valence-corrected chi connectivity index (χ4v) is 4.84. The second kappa shape index (κ2) is 10.3. The maximum absolute atomic E-state index is 12.8. The van der Waals surface area contributed by atoms with Crippen LogP contribution in [0.1, 0.15) is 12.5 Å². The Balaban J connectivity index is 1.50. The van der Waals surface area contributed by atoms with E-state index in [1.165, 1.54) is 16.4 Å². The summed E-state index contributed by atoms with van der Waals surface area (Å²) in [5.74, 6) is -0.324. The molecule has 0 bridgehead atoms. The van der Waals surface area contributed by atoms with Crippen molar-refractivity contribution in [2.24, 2.45) is 5.10 Å². The van der Waals surface area contributed by atoms with E-state index in [0.29, 0.717) is 24.4 Å². The van der Waals surface area contributed by atoms with Gasteiger partial charge in [-0.1, -0.05) is 15.9 Å². The van der Waals surface area contributed by atoms with Gasteiger partial charge in [0.2, 0.25) is 10.0 Å². The summed E-state index contributed by atoms with van der Waals surface area (Å²) in [4.78, 5) is 24.6. The highest BCUT2D eigenvalue weighted by atomic mass is 79.9. The molecule has 1 saturated heterocycles. The number of nitrogens with one attached hydrogen (secondary N) is 1. The molecule has 1 aliphatic heterocycles. The van der Waals surface area contributed by atoms with Gasteiger partial charge in [-0.25, -0.2) is 13.8 Å². The second-order valence-electron chi connectivity index (χ2n) is 7.17. The minimum Gasteiger partial charge on any atom is -0.292 e. The number of hydrazone groups is 1. The molecule has 0 saturated carbocycles. The summed E-state index contributed by atoms with van der Waals surface area (Å²) in [6.07, 6.45) is 0. The molecule has 0 atom stereocenters. The average molecular weight is 524 g/mol. The lowest BCUT2D eigenvalue weighted by Crippen LogP contribution is -2.50. The molecular weight excluding hydrogens is 502 g/mol. The van der Waals surface area contributed by atoms with Crippen molar-refractivity contribution in [1.82, 2.24) is 14.6 Å². The fourth-order valence-electron chi connectivity index (χ4n) is 3.16. The minimum absolute atomic E-state index is 0.0214. The van der Waals surface area contributed by atoms with Crippen LogP contribution in [0, 0.1) is 10.1 Å². The number of benzene rings is 2. The summed E-state index contributed by atoms with van der Waals surface area (Å²) in [6, 6.07) is 12.4. The molecule has 0 unspecified atom stereocenters. The molecule has 1 N–H and O–H groups in total. The zero-order valence-corrected chi connectivity index (χ0v) is 19.7. The quantitative estimate of drug-likeness (QED) is 0.337. The predicted molar refractivity (Wildman–Crippen MR) is 123 cm³/mol. The van der Waals surface area contributed by atoms with Crippen LogP contribution in [0.15, 0.2) is 63.0 Å². The first-order valence-electron chi connectivity index (χ1n) is 9.73. The fraction of sp³-hybridized carbons (Fsp3) is 0.300. The molecule has 10 nitrogen and oxygen atoms in total. The van der Waals surface area contributed by atoms with Crippen LogP contribution in [0.2, 0.25) is 0 Å². The summed E-state index contributed by atoms with van der Waals surface area (Å²) >= 11 is 3.30. The maximum atomic E-state index is 12.8. The maximum Gasteiger partial charge on any atom is 0.269 e. The van der Waals surface area contributed by atoms with E-state index in [2.05, 4.69) is 26.5 Å². The van der Waals surface area contributed by atoms with E-state index in [4.69, 9.17) is 0 Å². The van der Waals surface area contributed by atoms with Gasteiger partial charge in [-0.05, 0) is 48.9 Å². The molecular formula is C20H22BrN5O5S. The molecule has 12 heteroatoms. The summed E-state index contributed by atoms with van der Waals surface area (Å²) < 4.78 is 27.7. The smallest absolute Gasteiger partial charge is 0.269 e. The number of hydrogen-bond donors (Lipinski definition) is 1. The predicted octanol–water partition coefficient (Wildman–Crippen LogP) is 2.20. The van der Waals surface area contributed by atoms with E-state index >= 15 is 0 Å². The number of piperazine rings is 1. The number of hydrogen-bond acceptors (Lipinski definition) is 7. The lowest BCUT2D eigenvalue weighted by Gasteiger charge is -2.33. The Morgan fingerprint density at radius 2 is 1.69 bits per heavy atom. The number of amides is 1. The molecule has 0 aromatic heterocycles. The Kier molecular flexibility index (Phi) is 7.72. The third-order valence-electron chi connectivity index (χ3n) is 4.99. The van der Waals surface area contributed by atoms with Crippen LogP contribution in [0.3, 0.4) is 0 Å². The Labute approximate surface area is 194 Å². The van der Waals surface area contributed by atoms with Crippen LogP contribution in [0.4, 0.5) is 5.69 Å². The topological polar surface area (TPSA) is 125 Å². The monoisotopic (exact) mass is 523 g/mol. The third kappa shape index (κ3) is 5.97. The van der Waals surface area contributed by atoms with Crippen molar-refractivity contribution < 1.29 is 18.1 Å². The number of nitrogens with zero attached hydrogens (tertiary/aromatic N) is 4. The van der Waals surface area contributed by atoms with Gasteiger partial charge in [0.05, 0.1) is 22.1 Å². The number of nitro groups is 1. The molecule has 0 spiro atoms. The van der Waals surface area contributed by atoms with Crippen molar-refractivity contribution in [1.29, 1.82) is 0 Å². The number of non-ortho nitro benzene ring substituents is 1. The van der Waals surface area contributed by atoms with Gasteiger partial charge in [-0.3, -0.25) is 19.8 Å². The minimum atomic E-state index is -3.57. The SMILES string of the molecule is CC(=NNC(=O)CN1CCN(S(=O)(=O)c2ccc(Br)cc2)CC1)c1ccc([N+](=O)[O-])cc1. The molecule has 1 fully saturated rings. The molecule has 2 aromatic carbocycles. The van der Waals surface area contributed by atoms with E-state index in [1.54, 1.807) is 43.3 Å². The van der Waals surface area contributed by atoms with Crippen LogP contribution < -0.4 is 5.43 Å². The molecule has 1 amide bonds. The summed E-state index contributed by atoms with van der Waals surface area (Å²) in [5.41, 5.74) is 3.62. The first kappa shape index (κ1) is 24.0. The van der Waals surface area contributed by atoms with Gasteiger partial charge in [-0.15, -0.1) is 0 Å². The molecule has 32 heavy (non-hydrogen) atoms. The lowest BCUT2D eigenvalue weighted by molar-refractivity contribution is -0.384. The number of rotatable bonds is 7. The van der Waals surface area contributed by atoms with Crippen molar-refractivity contribution in [3.05, 3.63) is 68.7 Å². The first-order valence-corrected chi connectivity index (χ1v) is 12.0. The van der Waals surface area contributed by atoms with Gasteiger partial charge in [0, 0.05) is 42.8 Å². The normalized spacial score (nSPS) is 16.0. The number of carbonyl (C=O) groups is 1. The van der Waals surface area contributed by atoms with Crippen molar-refractivity contribution >= 4 is 43.3 Å². The number of sulfonamides is 1. The van der Waals surface area contributed by atoms with Gasteiger partial charge < -0.3 is 0 Å². The molecule has 2 aromatic rings. The number of halogens is 1. The zero-order chi connectivity index (χ0) is 23.3. The third-order valence-corrected chi connectivity index (χ3v) is 7.44. The first-order chi connectivity index (χ1) is 15.2. The van der Waals surface area contributed by atoms with Crippen LogP contribution >= 0.6 is 15.9 Å². The number of nitro benzene ring substituents is 1. The Morgan fingerprint density at radius 1 is 1.09 bits per heavy atom. The summed E-state index contributed by atoms with van der Waals surface area (Å²) in [6.45, 7) is 3.20. The van der Waals surface area contributed by atoms with E-state index in [0.717, 1.165) is 4.47 Å². The van der Waals surface area contributed by atoms with Crippen molar-refractivity contribution in [2.45, 2.75) is 11.8 Å². The van der Waals surface area contributed by atoms with Gasteiger partial charge in [0.15, 0.2) is 0 Å². The van der Waals surface area contributed by atoms with Gasteiger partial charge in [-0.2, -0.15) is 9.41 Å². The summed E-state index contributed by atoms with van der Waals surface area (Å²) in [7, 11) is -3.57. The molecule has 1 heterocycles. The van der Waals surface area contributed by atoms with Crippen LogP contribution in [0.25, 0.3) is 0 Å². The van der Waals surface area contributed by atoms with Gasteiger partial charge in [0.25, 0.3) is 11.6 Å². The lowest BCUT2D eigenvalue weighted by atomic mass is 10.1. The second-order valence-corrected chi connectivity index (χ2v) is 10.0. The van der Waals surface area contributed by atoms with Crippen LogP contribution in [0.5, 0.6) is 0 Å². The molecule has 170 valence electrons. The van der Waals surface area contributed by atoms with E-state index in [1.807, 2.05) is 4.90 Å². The van der Waals surface area contributed by atoms with Gasteiger partial charge >= 0.3 is 0 Å². The Bertz CT molecular complexity index is 1110. The van der Waals surface area contributed by atoms with Gasteiger partial charge in [0.1, 0.15) is 0 Å². The van der Waals surface area contributed by atoms with Crippen molar-refractivity contribution in [3.63, 3.8) is 0 Å².